The normalized spacial score (nSPS) is 22.3. The van der Waals surface area contributed by atoms with Gasteiger partial charge in [0.1, 0.15) is 13.2 Å². The van der Waals surface area contributed by atoms with Crippen molar-refractivity contribution in [1.29, 1.82) is 0 Å². The number of hydrogen-bond acceptors (Lipinski definition) is 5. The van der Waals surface area contributed by atoms with E-state index in [1.807, 2.05) is 12.1 Å². The molecule has 98 valence electrons. The summed E-state index contributed by atoms with van der Waals surface area (Å²) in [5.74, 6) is 6.85. The monoisotopic (exact) mass is 250 g/mol. The Morgan fingerprint density at radius 2 is 2.11 bits per heavy atom. The second-order valence-electron chi connectivity index (χ2n) is 4.65. The van der Waals surface area contributed by atoms with Crippen LogP contribution in [0.5, 0.6) is 11.5 Å². The number of ether oxygens (including phenoxy) is 2. The Morgan fingerprint density at radius 1 is 1.28 bits per heavy atom. The summed E-state index contributed by atoms with van der Waals surface area (Å²) in [6.07, 6.45) is 2.29. The predicted octanol–water partition coefficient (Wildman–Crippen LogP) is 1.32. The highest BCUT2D eigenvalue weighted by atomic mass is 16.6. The summed E-state index contributed by atoms with van der Waals surface area (Å²) >= 11 is 0. The van der Waals surface area contributed by atoms with E-state index < -0.39 is 0 Å². The number of rotatable bonds is 3. The first-order chi connectivity index (χ1) is 8.88. The molecular weight excluding hydrogens is 232 g/mol. The molecule has 18 heavy (non-hydrogen) atoms. The molecule has 0 saturated carbocycles. The van der Waals surface area contributed by atoms with Gasteiger partial charge in [0.2, 0.25) is 0 Å². The molecule has 1 aromatic rings. The fourth-order valence-electron chi connectivity index (χ4n) is 2.67. The number of nitrogens with zero attached hydrogens (tertiary/aromatic N) is 1. The van der Waals surface area contributed by atoms with Gasteiger partial charge in [0.25, 0.3) is 0 Å². The average molecular weight is 250 g/mol. The van der Waals surface area contributed by atoms with Crippen molar-refractivity contribution in [2.45, 2.75) is 18.9 Å². The largest absolute Gasteiger partial charge is 0.486 e. The van der Waals surface area contributed by atoms with Crippen LogP contribution in [0.25, 0.3) is 0 Å². The van der Waals surface area contributed by atoms with E-state index in [1.165, 1.54) is 6.42 Å². The van der Waals surface area contributed by atoms with E-state index in [9.17, 15) is 0 Å². The summed E-state index contributed by atoms with van der Waals surface area (Å²) in [4.78, 5) is 7.12. The molecule has 1 atom stereocenters. The van der Waals surface area contributed by atoms with E-state index >= 15 is 0 Å². The maximum Gasteiger partial charge on any atom is 0.163 e. The zero-order valence-electron chi connectivity index (χ0n) is 10.3. The van der Waals surface area contributed by atoms with Crippen LogP contribution < -0.4 is 20.3 Å². The van der Waals surface area contributed by atoms with Crippen LogP contribution in [-0.2, 0) is 4.84 Å². The van der Waals surface area contributed by atoms with Crippen LogP contribution in [0.4, 0.5) is 5.69 Å². The minimum atomic E-state index is 0.359. The van der Waals surface area contributed by atoms with Crippen LogP contribution in [0, 0.1) is 0 Å². The highest BCUT2D eigenvalue weighted by Gasteiger charge is 2.26. The average Bonchev–Trinajstić information content (AvgIpc) is 2.87. The highest BCUT2D eigenvalue weighted by molar-refractivity contribution is 5.57. The number of anilines is 1. The van der Waals surface area contributed by atoms with Crippen LogP contribution in [-0.4, -0.2) is 32.4 Å². The maximum atomic E-state index is 5.61. The molecule has 3 rings (SSSR count). The van der Waals surface area contributed by atoms with Gasteiger partial charge in [-0.15, -0.1) is 0 Å². The fourth-order valence-corrected chi connectivity index (χ4v) is 2.67. The molecule has 0 aliphatic carbocycles. The Kier molecular flexibility index (Phi) is 3.25. The van der Waals surface area contributed by atoms with Gasteiger partial charge in [-0.25, -0.2) is 5.90 Å². The topological polar surface area (TPSA) is 57.0 Å². The minimum absolute atomic E-state index is 0.359. The molecule has 0 radical (unpaired) electrons. The van der Waals surface area contributed by atoms with Gasteiger partial charge in [-0.3, -0.25) is 0 Å². The third kappa shape index (κ3) is 2.11. The van der Waals surface area contributed by atoms with Crippen LogP contribution in [0.1, 0.15) is 12.8 Å². The zero-order chi connectivity index (χ0) is 12.4. The van der Waals surface area contributed by atoms with Gasteiger partial charge in [0, 0.05) is 18.3 Å². The summed E-state index contributed by atoms with van der Waals surface area (Å²) < 4.78 is 11.1. The van der Waals surface area contributed by atoms with Crippen molar-refractivity contribution in [3.05, 3.63) is 18.2 Å². The Bertz CT molecular complexity index is 425. The third-order valence-corrected chi connectivity index (χ3v) is 3.52. The van der Waals surface area contributed by atoms with E-state index in [0.29, 0.717) is 25.9 Å². The summed E-state index contributed by atoms with van der Waals surface area (Å²) in [5, 5.41) is 0. The van der Waals surface area contributed by atoms with E-state index in [-0.39, 0.29) is 0 Å². The molecular formula is C13H18N2O3. The summed E-state index contributed by atoms with van der Waals surface area (Å²) in [6.45, 7) is 2.84. The third-order valence-electron chi connectivity index (χ3n) is 3.52. The molecule has 1 saturated heterocycles. The summed E-state index contributed by atoms with van der Waals surface area (Å²) in [6, 6.07) is 6.45. The molecule has 0 spiro atoms. The molecule has 5 heteroatoms. The zero-order valence-corrected chi connectivity index (χ0v) is 10.3. The van der Waals surface area contributed by atoms with Gasteiger partial charge in [-0.1, -0.05) is 0 Å². The van der Waals surface area contributed by atoms with E-state index in [2.05, 4.69) is 11.0 Å². The van der Waals surface area contributed by atoms with Crippen LogP contribution >= 0.6 is 0 Å². The van der Waals surface area contributed by atoms with Gasteiger partial charge < -0.3 is 19.2 Å². The minimum Gasteiger partial charge on any atom is -0.486 e. The van der Waals surface area contributed by atoms with Crippen molar-refractivity contribution in [3.63, 3.8) is 0 Å². The van der Waals surface area contributed by atoms with E-state index in [4.69, 9.17) is 20.2 Å². The standard InChI is InChI=1S/C13H18N2O3/c14-18-9-11-2-1-5-15(11)10-3-4-12-13(8-10)17-7-6-16-12/h3-4,8,11H,1-2,5-7,9,14H2. The SMILES string of the molecule is NOCC1CCCN1c1ccc2c(c1)OCCO2. The Morgan fingerprint density at radius 3 is 2.94 bits per heavy atom. The molecule has 2 aliphatic heterocycles. The molecule has 1 fully saturated rings. The lowest BCUT2D eigenvalue weighted by atomic mass is 10.2. The summed E-state index contributed by atoms with van der Waals surface area (Å²) in [7, 11) is 0. The second kappa shape index (κ2) is 5.04. The lowest BCUT2D eigenvalue weighted by molar-refractivity contribution is 0.124. The second-order valence-corrected chi connectivity index (χ2v) is 4.65. The molecule has 2 heterocycles. The van der Waals surface area contributed by atoms with Crippen molar-refractivity contribution in [2.24, 2.45) is 5.90 Å². The first-order valence-electron chi connectivity index (χ1n) is 6.36. The van der Waals surface area contributed by atoms with Crippen LogP contribution in [0.2, 0.25) is 0 Å². The predicted molar refractivity (Wildman–Crippen MR) is 67.9 cm³/mol. The molecule has 5 nitrogen and oxygen atoms in total. The molecule has 1 unspecified atom stereocenters. The maximum absolute atomic E-state index is 5.61. The van der Waals surface area contributed by atoms with Crippen molar-refractivity contribution in [3.8, 4) is 11.5 Å². The Hall–Kier alpha value is -1.46. The number of nitrogens with two attached hydrogens (primary N) is 1. The molecule has 1 aromatic carbocycles. The first kappa shape index (κ1) is 11.6. The molecule has 2 N–H and O–H groups in total. The van der Waals surface area contributed by atoms with Gasteiger partial charge in [0.05, 0.1) is 12.6 Å². The van der Waals surface area contributed by atoms with Crippen molar-refractivity contribution in [1.82, 2.24) is 0 Å². The number of fused-ring (bicyclic) bond motifs is 1. The number of benzene rings is 1. The smallest absolute Gasteiger partial charge is 0.163 e. The quantitative estimate of drug-likeness (QED) is 0.820. The molecule has 2 aliphatic rings. The van der Waals surface area contributed by atoms with Crippen molar-refractivity contribution in [2.75, 3.05) is 31.3 Å². The summed E-state index contributed by atoms with van der Waals surface area (Å²) in [5.41, 5.74) is 1.15. The lowest BCUT2D eigenvalue weighted by Gasteiger charge is -2.27. The van der Waals surface area contributed by atoms with Gasteiger partial charge in [0.15, 0.2) is 11.5 Å². The highest BCUT2D eigenvalue weighted by Crippen LogP contribution is 2.36. The lowest BCUT2D eigenvalue weighted by Crippen LogP contribution is -2.34. The van der Waals surface area contributed by atoms with E-state index in [0.717, 1.165) is 30.2 Å². The van der Waals surface area contributed by atoms with Crippen molar-refractivity contribution < 1.29 is 14.3 Å². The molecule has 0 aromatic heterocycles. The van der Waals surface area contributed by atoms with Crippen LogP contribution in [0.3, 0.4) is 0 Å². The van der Waals surface area contributed by atoms with Crippen molar-refractivity contribution >= 4 is 5.69 Å². The van der Waals surface area contributed by atoms with Gasteiger partial charge >= 0.3 is 0 Å². The van der Waals surface area contributed by atoms with Gasteiger partial charge in [-0.05, 0) is 25.0 Å². The van der Waals surface area contributed by atoms with E-state index in [1.54, 1.807) is 0 Å². The fraction of sp³-hybridized carbons (Fsp3) is 0.538. The van der Waals surface area contributed by atoms with Gasteiger partial charge in [-0.2, -0.15) is 0 Å². The molecule has 0 amide bonds. The molecule has 0 bridgehead atoms. The Balaban J connectivity index is 1.83. The Labute approximate surface area is 106 Å². The number of hydrogen-bond donors (Lipinski definition) is 1. The van der Waals surface area contributed by atoms with Crippen LogP contribution in [0.15, 0.2) is 18.2 Å². The first-order valence-corrected chi connectivity index (χ1v) is 6.36.